The number of hydrogen-bond acceptors (Lipinski definition) is 6. The average Bonchev–Trinajstić information content (AvgIpc) is 3.63. The molecule has 10 nitrogen and oxygen atoms in total. The zero-order chi connectivity index (χ0) is 33.7. The molecule has 5 aliphatic rings. The van der Waals surface area contributed by atoms with Crippen LogP contribution in [0.3, 0.4) is 0 Å². The first-order valence-corrected chi connectivity index (χ1v) is 18.9. The van der Waals surface area contributed by atoms with Crippen molar-refractivity contribution < 1.29 is 27.9 Å². The van der Waals surface area contributed by atoms with Crippen molar-refractivity contribution in [2.75, 3.05) is 21.2 Å². The summed E-state index contributed by atoms with van der Waals surface area (Å²) in [5.41, 5.74) is 4.29. The lowest BCUT2D eigenvalue weighted by Crippen LogP contribution is -2.54. The number of aromatic nitrogens is 1. The second-order valence-electron chi connectivity index (χ2n) is 15.5. The van der Waals surface area contributed by atoms with Crippen molar-refractivity contribution in [3.8, 4) is 17.0 Å². The molecule has 3 aliphatic heterocycles. The van der Waals surface area contributed by atoms with Gasteiger partial charge in [-0.2, -0.15) is 12.7 Å². The maximum atomic E-state index is 15.0. The molecular weight excluding hydrogens is 628 g/mol. The maximum absolute atomic E-state index is 15.0. The summed E-state index contributed by atoms with van der Waals surface area (Å²) in [6.45, 7) is 2.37. The van der Waals surface area contributed by atoms with Gasteiger partial charge in [-0.05, 0) is 99.2 Å². The van der Waals surface area contributed by atoms with Crippen LogP contribution >= 0.6 is 0 Å². The molecule has 2 N–H and O–H groups in total. The zero-order valence-electron chi connectivity index (χ0n) is 28.3. The second-order valence-corrected chi connectivity index (χ2v) is 17.4. The topological polar surface area (TPSA) is 121 Å². The number of hydrogen-bond donors (Lipinski definition) is 2. The Kier molecular flexibility index (Phi) is 7.33. The summed E-state index contributed by atoms with van der Waals surface area (Å²) in [5, 5.41) is 12.0. The number of aliphatic hydroxyl groups is 1. The summed E-state index contributed by atoms with van der Waals surface area (Å²) in [7, 11) is 0.457. The molecule has 2 bridgehead atoms. The third kappa shape index (κ3) is 4.90. The number of methoxy groups -OCH3 is 1. The van der Waals surface area contributed by atoms with Crippen molar-refractivity contribution >= 4 is 32.9 Å². The number of piperidine rings is 1. The van der Waals surface area contributed by atoms with E-state index in [1.807, 2.05) is 25.1 Å². The second kappa shape index (κ2) is 11.1. The Morgan fingerprint density at radius 1 is 0.979 bits per heavy atom. The molecule has 2 aliphatic carbocycles. The van der Waals surface area contributed by atoms with Gasteiger partial charge in [0.05, 0.1) is 23.8 Å². The van der Waals surface area contributed by atoms with Gasteiger partial charge in [0.25, 0.3) is 5.91 Å². The minimum Gasteiger partial charge on any atom is -0.497 e. The summed E-state index contributed by atoms with van der Waals surface area (Å²) >= 11 is 0. The lowest BCUT2D eigenvalue weighted by molar-refractivity contribution is -0.147. The van der Waals surface area contributed by atoms with Crippen LogP contribution in [-0.2, 0) is 21.5 Å². The molecule has 0 spiro atoms. The number of fused-ring (bicyclic) bond motifs is 9. The zero-order valence-corrected chi connectivity index (χ0v) is 29.1. The molecular formula is C37H46N4O6S. The third-order valence-corrected chi connectivity index (χ3v) is 13.5. The number of nitrogens with zero attached hydrogens (tertiary/aromatic N) is 3. The molecule has 1 aromatic heterocycles. The Bertz CT molecular complexity index is 1930. The normalized spacial score (nSPS) is 29.6. The SMILES string of the molecule is COc1ccc2c(c1)C1CC1(C(=O)N1C3CCC1CC(C)(O)C3)Cn1c-2c(C2CCCCC2)c2ccc(C(=O)NS(=O)(=O)N(C)C)cc21. The fourth-order valence-corrected chi connectivity index (χ4v) is 10.3. The van der Waals surface area contributed by atoms with E-state index in [0.29, 0.717) is 25.3 Å². The Labute approximate surface area is 282 Å². The Balaban J connectivity index is 1.32. The van der Waals surface area contributed by atoms with Crippen molar-refractivity contribution in [1.29, 1.82) is 0 Å². The van der Waals surface area contributed by atoms with Crippen LogP contribution in [0.15, 0.2) is 36.4 Å². The van der Waals surface area contributed by atoms with E-state index >= 15 is 4.79 Å². The van der Waals surface area contributed by atoms with Crippen LogP contribution in [0.25, 0.3) is 22.2 Å². The van der Waals surface area contributed by atoms with Crippen molar-refractivity contribution in [2.24, 2.45) is 5.41 Å². The standard InChI is InChI=1S/C37H46N4O6S/c1-36(44)18-24-11-12-25(19-36)41(24)35(43)37-20-30(37)29-17-26(47-4)13-15-27(29)33-32(22-8-6-5-7-9-22)28-14-10-23(16-31(28)40(33)21-37)34(42)38-48(45,46)39(2)3/h10,13-17,22,24-25,30,44H,5-9,11-12,18-21H2,1-4H3,(H,38,42). The van der Waals surface area contributed by atoms with E-state index in [2.05, 4.69) is 26.3 Å². The molecule has 2 saturated carbocycles. The first-order chi connectivity index (χ1) is 22.8. The lowest BCUT2D eigenvalue weighted by atomic mass is 9.81. The van der Waals surface area contributed by atoms with Gasteiger partial charge in [0, 0.05) is 60.7 Å². The smallest absolute Gasteiger partial charge is 0.303 e. The number of nitrogens with one attached hydrogen (secondary N) is 1. The van der Waals surface area contributed by atoms with Crippen LogP contribution in [0.2, 0.25) is 0 Å². The predicted octanol–water partition coefficient (Wildman–Crippen LogP) is 5.29. The molecule has 4 atom stereocenters. The molecule has 2 amide bonds. The molecule has 4 heterocycles. The van der Waals surface area contributed by atoms with Crippen LogP contribution in [0.4, 0.5) is 0 Å². The Morgan fingerprint density at radius 2 is 1.69 bits per heavy atom. The largest absolute Gasteiger partial charge is 0.497 e. The highest BCUT2D eigenvalue weighted by Crippen LogP contribution is 2.67. The van der Waals surface area contributed by atoms with Crippen LogP contribution in [0, 0.1) is 5.41 Å². The van der Waals surface area contributed by atoms with E-state index in [0.717, 1.165) is 82.7 Å². The predicted molar refractivity (Wildman–Crippen MR) is 183 cm³/mol. The van der Waals surface area contributed by atoms with Crippen LogP contribution in [0.1, 0.15) is 104 Å². The minimum absolute atomic E-state index is 0.0165. The number of benzene rings is 2. The fourth-order valence-electron chi connectivity index (χ4n) is 9.74. The highest BCUT2D eigenvalue weighted by molar-refractivity contribution is 7.87. The van der Waals surface area contributed by atoms with Gasteiger partial charge in [0.1, 0.15) is 5.75 Å². The molecule has 8 rings (SSSR count). The summed E-state index contributed by atoms with van der Waals surface area (Å²) in [6, 6.07) is 11.8. The summed E-state index contributed by atoms with van der Waals surface area (Å²) in [6.07, 6.45) is 9.41. The summed E-state index contributed by atoms with van der Waals surface area (Å²) in [5.74, 6) is 0.599. The quantitative estimate of drug-likeness (QED) is 0.367. The number of carbonyl (C=O) groups is 2. The maximum Gasteiger partial charge on any atom is 0.303 e. The van der Waals surface area contributed by atoms with Gasteiger partial charge in [0.2, 0.25) is 5.91 Å². The highest BCUT2D eigenvalue weighted by Gasteiger charge is 2.66. The van der Waals surface area contributed by atoms with Crippen molar-refractivity contribution in [3.63, 3.8) is 0 Å². The monoisotopic (exact) mass is 674 g/mol. The van der Waals surface area contributed by atoms with Crippen molar-refractivity contribution in [1.82, 2.24) is 18.5 Å². The first-order valence-electron chi connectivity index (χ1n) is 17.5. The van der Waals surface area contributed by atoms with Crippen LogP contribution in [-0.4, -0.2) is 78.0 Å². The highest BCUT2D eigenvalue weighted by atomic mass is 32.2. The summed E-state index contributed by atoms with van der Waals surface area (Å²) < 4.78 is 36.4. The van der Waals surface area contributed by atoms with Crippen molar-refractivity contribution in [2.45, 2.75) is 107 Å². The van der Waals surface area contributed by atoms with Gasteiger partial charge >= 0.3 is 10.2 Å². The first kappa shape index (κ1) is 31.8. The van der Waals surface area contributed by atoms with E-state index in [1.165, 1.54) is 26.1 Å². The molecule has 4 fully saturated rings. The number of amides is 2. The van der Waals surface area contributed by atoms with Gasteiger partial charge in [-0.1, -0.05) is 25.3 Å². The van der Waals surface area contributed by atoms with Crippen LogP contribution < -0.4 is 9.46 Å². The average molecular weight is 675 g/mol. The van der Waals surface area contributed by atoms with E-state index < -0.39 is 27.1 Å². The molecule has 4 unspecified atom stereocenters. The van der Waals surface area contributed by atoms with Crippen molar-refractivity contribution in [3.05, 3.63) is 53.1 Å². The minimum atomic E-state index is -3.98. The molecule has 2 aromatic carbocycles. The van der Waals surface area contributed by atoms with E-state index in [1.54, 1.807) is 13.2 Å². The van der Waals surface area contributed by atoms with E-state index in [4.69, 9.17) is 4.74 Å². The Hall–Kier alpha value is -3.41. The number of ether oxygens (including phenoxy) is 1. The van der Waals surface area contributed by atoms with Crippen LogP contribution in [0.5, 0.6) is 5.75 Å². The van der Waals surface area contributed by atoms with Gasteiger partial charge in [-0.15, -0.1) is 0 Å². The van der Waals surface area contributed by atoms with Gasteiger partial charge in [0.15, 0.2) is 0 Å². The van der Waals surface area contributed by atoms with Gasteiger partial charge in [-0.25, -0.2) is 4.72 Å². The summed E-state index contributed by atoms with van der Waals surface area (Å²) in [4.78, 5) is 30.5. The van der Waals surface area contributed by atoms with E-state index in [-0.39, 0.29) is 29.5 Å². The fraction of sp³-hybridized carbons (Fsp3) is 0.568. The molecule has 11 heteroatoms. The molecule has 2 saturated heterocycles. The van der Waals surface area contributed by atoms with E-state index in [9.17, 15) is 18.3 Å². The van der Waals surface area contributed by atoms with Gasteiger partial charge < -0.3 is 19.3 Å². The molecule has 3 aromatic rings. The molecule has 0 radical (unpaired) electrons. The lowest BCUT2D eigenvalue weighted by Gasteiger charge is -2.43. The molecule has 48 heavy (non-hydrogen) atoms. The third-order valence-electron chi connectivity index (χ3n) is 12.1. The number of rotatable bonds is 6. The Morgan fingerprint density at radius 3 is 2.35 bits per heavy atom. The number of carbonyl (C=O) groups excluding carboxylic acids is 2. The van der Waals surface area contributed by atoms with Gasteiger partial charge in [-0.3, -0.25) is 9.59 Å². The molecule has 256 valence electrons.